The Morgan fingerprint density at radius 1 is 1.07 bits per heavy atom. The number of nitrogens with one attached hydrogen (secondary N) is 2. The third kappa shape index (κ3) is 4.99. The third-order valence-electron chi connectivity index (χ3n) is 4.43. The molecule has 0 spiro atoms. The predicted octanol–water partition coefficient (Wildman–Crippen LogP) is 4.03. The van der Waals surface area contributed by atoms with Gasteiger partial charge >= 0.3 is 0 Å². The van der Waals surface area contributed by atoms with Crippen molar-refractivity contribution in [3.63, 3.8) is 0 Å². The molecule has 1 aliphatic rings. The Morgan fingerprint density at radius 3 is 2.31 bits per heavy atom. The summed E-state index contributed by atoms with van der Waals surface area (Å²) in [5, 5.41) is 4.42. The summed E-state index contributed by atoms with van der Waals surface area (Å²) in [5.74, 6) is -0.537. The lowest BCUT2D eigenvalue weighted by atomic mass is 10.1. The van der Waals surface area contributed by atoms with E-state index >= 15 is 0 Å². The zero-order valence-corrected chi connectivity index (χ0v) is 16.9. The summed E-state index contributed by atoms with van der Waals surface area (Å²) in [6, 6.07) is 13.4. The molecule has 1 amide bonds. The first-order valence-corrected chi connectivity index (χ1v) is 11.4. The standard InChI is InChI=1S/C20H18FN3O3S2/c21-15-5-1-13(2-6-15)14-3-7-16(8-4-14)22-19(25)11-17-12-28-20(23-17)24-29(26,27)18-9-10-18/h1-8,12,18H,9-11H2,(H,22,25)(H,23,24). The minimum atomic E-state index is -3.36. The van der Waals surface area contributed by atoms with Crippen molar-refractivity contribution in [2.45, 2.75) is 24.5 Å². The second-order valence-electron chi connectivity index (χ2n) is 6.80. The molecule has 2 N–H and O–H groups in total. The van der Waals surface area contributed by atoms with Crippen LogP contribution >= 0.6 is 11.3 Å². The van der Waals surface area contributed by atoms with Crippen LogP contribution in [0.4, 0.5) is 15.2 Å². The quantitative estimate of drug-likeness (QED) is 0.591. The van der Waals surface area contributed by atoms with Crippen LogP contribution in [-0.2, 0) is 21.2 Å². The predicted molar refractivity (Wildman–Crippen MR) is 112 cm³/mol. The van der Waals surface area contributed by atoms with Crippen LogP contribution in [0.5, 0.6) is 0 Å². The highest BCUT2D eigenvalue weighted by Crippen LogP contribution is 2.30. The van der Waals surface area contributed by atoms with Crippen molar-refractivity contribution in [2.75, 3.05) is 10.0 Å². The first-order valence-electron chi connectivity index (χ1n) is 9.01. The van der Waals surface area contributed by atoms with E-state index in [0.717, 1.165) is 22.5 Å². The van der Waals surface area contributed by atoms with E-state index in [0.29, 0.717) is 24.2 Å². The van der Waals surface area contributed by atoms with E-state index in [4.69, 9.17) is 0 Å². The van der Waals surface area contributed by atoms with E-state index in [9.17, 15) is 17.6 Å². The SMILES string of the molecule is O=C(Cc1csc(NS(=O)(=O)C2CC2)n1)Nc1ccc(-c2ccc(F)cc2)cc1. The third-order valence-corrected chi connectivity index (χ3v) is 7.20. The Labute approximate surface area is 171 Å². The molecule has 3 aromatic rings. The number of thiazole rings is 1. The molecule has 1 aromatic heterocycles. The second-order valence-corrected chi connectivity index (χ2v) is 9.62. The fourth-order valence-corrected chi connectivity index (χ4v) is 5.08. The molecule has 150 valence electrons. The van der Waals surface area contributed by atoms with Crippen molar-refractivity contribution >= 4 is 38.1 Å². The van der Waals surface area contributed by atoms with Gasteiger partial charge in [-0.1, -0.05) is 24.3 Å². The number of carbonyl (C=O) groups is 1. The molecule has 0 bridgehead atoms. The van der Waals surface area contributed by atoms with Gasteiger partial charge in [0.2, 0.25) is 15.9 Å². The van der Waals surface area contributed by atoms with Gasteiger partial charge in [0.1, 0.15) is 5.82 Å². The maximum Gasteiger partial charge on any atom is 0.237 e. The average Bonchev–Trinajstić information content (AvgIpc) is 3.46. The summed E-state index contributed by atoms with van der Waals surface area (Å²) in [6.45, 7) is 0. The van der Waals surface area contributed by atoms with E-state index < -0.39 is 10.0 Å². The Hall–Kier alpha value is -2.78. The van der Waals surface area contributed by atoms with Crippen LogP contribution in [0.3, 0.4) is 0 Å². The smallest absolute Gasteiger partial charge is 0.237 e. The molecule has 0 saturated heterocycles. The van der Waals surface area contributed by atoms with E-state index in [1.54, 1.807) is 29.6 Å². The molecule has 0 atom stereocenters. The Kier molecular flexibility index (Phi) is 5.33. The van der Waals surface area contributed by atoms with Gasteiger partial charge in [0.15, 0.2) is 5.13 Å². The lowest BCUT2D eigenvalue weighted by Crippen LogP contribution is -2.17. The van der Waals surface area contributed by atoms with Gasteiger partial charge in [0, 0.05) is 11.1 Å². The van der Waals surface area contributed by atoms with E-state index in [1.807, 2.05) is 12.1 Å². The molecule has 6 nitrogen and oxygen atoms in total. The monoisotopic (exact) mass is 431 g/mol. The second kappa shape index (κ2) is 7.92. The zero-order chi connectivity index (χ0) is 20.4. The van der Waals surface area contributed by atoms with E-state index in [1.165, 1.54) is 12.1 Å². The highest BCUT2D eigenvalue weighted by Gasteiger charge is 2.36. The number of halogens is 1. The number of rotatable bonds is 7. The molecule has 2 aromatic carbocycles. The number of benzene rings is 2. The zero-order valence-electron chi connectivity index (χ0n) is 15.3. The minimum absolute atomic E-state index is 0.0430. The molecule has 1 aliphatic carbocycles. The van der Waals surface area contributed by atoms with Crippen molar-refractivity contribution in [1.29, 1.82) is 0 Å². The Bertz CT molecular complexity index is 1120. The lowest BCUT2D eigenvalue weighted by Gasteiger charge is -2.06. The van der Waals surface area contributed by atoms with Gasteiger partial charge in [0.05, 0.1) is 17.4 Å². The number of sulfonamides is 1. The molecular formula is C20H18FN3O3S2. The number of aromatic nitrogens is 1. The highest BCUT2D eigenvalue weighted by atomic mass is 32.2. The summed E-state index contributed by atoms with van der Waals surface area (Å²) in [7, 11) is -3.36. The summed E-state index contributed by atoms with van der Waals surface area (Å²) < 4.78 is 39.4. The number of hydrogen-bond donors (Lipinski definition) is 2. The van der Waals surface area contributed by atoms with Crippen LogP contribution in [0.1, 0.15) is 18.5 Å². The number of anilines is 2. The van der Waals surface area contributed by atoms with Gasteiger partial charge in [-0.05, 0) is 48.2 Å². The molecular weight excluding hydrogens is 413 g/mol. The van der Waals surface area contributed by atoms with Crippen LogP contribution in [0.2, 0.25) is 0 Å². The molecule has 1 saturated carbocycles. The van der Waals surface area contributed by atoms with Gasteiger partial charge in [-0.2, -0.15) is 0 Å². The summed E-state index contributed by atoms with van der Waals surface area (Å²) >= 11 is 1.16. The van der Waals surface area contributed by atoms with Crippen molar-refractivity contribution in [1.82, 2.24) is 4.98 Å². The van der Waals surface area contributed by atoms with Gasteiger partial charge in [-0.3, -0.25) is 9.52 Å². The number of carbonyl (C=O) groups excluding carboxylic acids is 1. The van der Waals surface area contributed by atoms with Gasteiger partial charge < -0.3 is 5.32 Å². The Morgan fingerprint density at radius 2 is 1.69 bits per heavy atom. The van der Waals surface area contributed by atoms with Crippen LogP contribution in [0.25, 0.3) is 11.1 Å². The lowest BCUT2D eigenvalue weighted by molar-refractivity contribution is -0.115. The summed E-state index contributed by atoms with van der Waals surface area (Å²) in [6.07, 6.45) is 1.40. The molecule has 1 heterocycles. The van der Waals surface area contributed by atoms with Gasteiger partial charge in [-0.15, -0.1) is 11.3 Å². The number of nitrogens with zero attached hydrogens (tertiary/aromatic N) is 1. The molecule has 0 radical (unpaired) electrons. The van der Waals surface area contributed by atoms with Gasteiger partial charge in [0.25, 0.3) is 0 Å². The average molecular weight is 432 g/mol. The maximum absolute atomic E-state index is 13.0. The molecule has 1 fully saturated rings. The molecule has 9 heteroatoms. The maximum atomic E-state index is 13.0. The number of amides is 1. The topological polar surface area (TPSA) is 88.2 Å². The first kappa shape index (κ1) is 19.5. The van der Waals surface area contributed by atoms with Crippen LogP contribution in [0.15, 0.2) is 53.9 Å². The first-order chi connectivity index (χ1) is 13.9. The van der Waals surface area contributed by atoms with Gasteiger partial charge in [-0.25, -0.2) is 17.8 Å². The van der Waals surface area contributed by atoms with Crippen LogP contribution < -0.4 is 10.0 Å². The summed E-state index contributed by atoms with van der Waals surface area (Å²) in [5.41, 5.74) is 2.93. The van der Waals surface area contributed by atoms with Crippen molar-refractivity contribution in [3.05, 3.63) is 65.4 Å². The fraction of sp³-hybridized carbons (Fsp3) is 0.200. The molecule has 4 rings (SSSR count). The largest absolute Gasteiger partial charge is 0.326 e. The number of hydrogen-bond acceptors (Lipinski definition) is 5. The molecule has 0 aliphatic heterocycles. The van der Waals surface area contributed by atoms with E-state index in [2.05, 4.69) is 15.0 Å². The fourth-order valence-electron chi connectivity index (χ4n) is 2.78. The Balaban J connectivity index is 1.34. The van der Waals surface area contributed by atoms with Crippen molar-refractivity contribution in [2.24, 2.45) is 0 Å². The van der Waals surface area contributed by atoms with Crippen molar-refractivity contribution in [3.8, 4) is 11.1 Å². The van der Waals surface area contributed by atoms with Crippen molar-refractivity contribution < 1.29 is 17.6 Å². The van der Waals surface area contributed by atoms with Crippen LogP contribution in [-0.4, -0.2) is 24.6 Å². The minimum Gasteiger partial charge on any atom is -0.326 e. The van der Waals surface area contributed by atoms with Crippen LogP contribution in [0, 0.1) is 5.82 Å². The normalized spacial score (nSPS) is 13.8. The molecule has 0 unspecified atom stereocenters. The molecule has 29 heavy (non-hydrogen) atoms. The highest BCUT2D eigenvalue weighted by molar-refractivity contribution is 7.93. The van der Waals surface area contributed by atoms with E-state index in [-0.39, 0.29) is 28.5 Å². The summed E-state index contributed by atoms with van der Waals surface area (Å²) in [4.78, 5) is 16.4.